The standard InChI is InChI=1S/C23H33N5O3/c29-21(26-19-15-7-14-8-16(19)11-23(30,9-14)10-15)18-12-24-22(25-17-3-6-31-13-17)27-20(18)28-4-1-2-5-28/h12,14-17,19,30H,1-11,13H2,(H,26,29)(H,24,25,27)/t14?,15?,16?,17-,19?,23?/m1/s1. The Morgan fingerprint density at radius 3 is 2.65 bits per heavy atom. The van der Waals surface area contributed by atoms with Gasteiger partial charge in [-0.15, -0.1) is 0 Å². The van der Waals surface area contributed by atoms with Crippen LogP contribution in [0.3, 0.4) is 0 Å². The fraction of sp³-hybridized carbons (Fsp3) is 0.783. The molecule has 3 atom stereocenters. The summed E-state index contributed by atoms with van der Waals surface area (Å²) in [6, 6.07) is 0.383. The molecule has 0 radical (unpaired) electrons. The molecule has 31 heavy (non-hydrogen) atoms. The Kier molecular flexibility index (Phi) is 4.83. The monoisotopic (exact) mass is 427 g/mol. The third-order valence-electron chi connectivity index (χ3n) is 8.22. The molecule has 2 unspecified atom stereocenters. The minimum atomic E-state index is -0.487. The lowest BCUT2D eigenvalue weighted by atomic mass is 9.52. The predicted octanol–water partition coefficient (Wildman–Crippen LogP) is 1.95. The average molecular weight is 428 g/mol. The molecule has 168 valence electrons. The van der Waals surface area contributed by atoms with Gasteiger partial charge in [-0.05, 0) is 69.1 Å². The number of rotatable bonds is 5. The zero-order chi connectivity index (χ0) is 21.0. The van der Waals surface area contributed by atoms with Crippen molar-refractivity contribution in [3.05, 3.63) is 11.8 Å². The van der Waals surface area contributed by atoms with Crippen LogP contribution >= 0.6 is 0 Å². The van der Waals surface area contributed by atoms with Crippen LogP contribution in [-0.2, 0) is 4.74 Å². The number of ether oxygens (including phenoxy) is 1. The molecule has 6 aliphatic rings. The van der Waals surface area contributed by atoms with Gasteiger partial charge < -0.3 is 25.4 Å². The zero-order valence-corrected chi connectivity index (χ0v) is 18.1. The molecule has 7 rings (SSSR count). The van der Waals surface area contributed by atoms with E-state index in [0.717, 1.165) is 76.9 Å². The van der Waals surface area contributed by atoms with E-state index in [1.54, 1.807) is 6.20 Å². The van der Waals surface area contributed by atoms with E-state index in [-0.39, 0.29) is 18.0 Å². The number of aromatic nitrogens is 2. The highest BCUT2D eigenvalue weighted by atomic mass is 16.5. The normalized spacial score (nSPS) is 38.6. The van der Waals surface area contributed by atoms with Crippen LogP contribution < -0.4 is 15.5 Å². The van der Waals surface area contributed by atoms with Gasteiger partial charge in [-0.1, -0.05) is 0 Å². The van der Waals surface area contributed by atoms with Crippen molar-refractivity contribution in [3.63, 3.8) is 0 Å². The molecule has 4 saturated carbocycles. The van der Waals surface area contributed by atoms with Crippen molar-refractivity contribution in [3.8, 4) is 0 Å². The second-order valence-corrected chi connectivity index (χ2v) is 10.5. The largest absolute Gasteiger partial charge is 0.390 e. The topological polar surface area (TPSA) is 99.6 Å². The molecule has 8 heteroatoms. The van der Waals surface area contributed by atoms with Crippen LogP contribution in [0, 0.1) is 17.8 Å². The van der Waals surface area contributed by atoms with Crippen LogP contribution in [0.1, 0.15) is 61.7 Å². The maximum atomic E-state index is 13.4. The molecule has 0 aromatic carbocycles. The second-order valence-electron chi connectivity index (χ2n) is 10.5. The van der Waals surface area contributed by atoms with Gasteiger partial charge in [0.25, 0.3) is 5.91 Å². The average Bonchev–Trinajstić information content (AvgIpc) is 3.43. The first-order chi connectivity index (χ1) is 15.1. The van der Waals surface area contributed by atoms with Crippen LogP contribution in [0.15, 0.2) is 6.20 Å². The lowest BCUT2D eigenvalue weighted by Gasteiger charge is -2.58. The molecule has 3 heterocycles. The highest BCUT2D eigenvalue weighted by Gasteiger charge is 2.55. The molecule has 1 aromatic heterocycles. The van der Waals surface area contributed by atoms with Crippen LogP contribution in [-0.4, -0.2) is 65.0 Å². The SMILES string of the molecule is O=C(NC1C2CC3CC1CC(O)(C3)C2)c1cnc(N[C@@H]2CCOC2)nc1N1CCCC1. The smallest absolute Gasteiger partial charge is 0.256 e. The van der Waals surface area contributed by atoms with Gasteiger partial charge in [0.1, 0.15) is 11.4 Å². The van der Waals surface area contributed by atoms with Crippen LogP contribution in [0.2, 0.25) is 0 Å². The van der Waals surface area contributed by atoms with E-state index in [4.69, 9.17) is 9.72 Å². The number of nitrogens with one attached hydrogen (secondary N) is 2. The summed E-state index contributed by atoms with van der Waals surface area (Å²) in [6.07, 6.45) is 9.75. The highest BCUT2D eigenvalue weighted by molar-refractivity contribution is 5.99. The van der Waals surface area contributed by atoms with E-state index in [1.165, 1.54) is 0 Å². The molecule has 2 aliphatic heterocycles. The molecule has 2 saturated heterocycles. The van der Waals surface area contributed by atoms with Gasteiger partial charge in [0, 0.05) is 31.9 Å². The molecule has 4 aliphatic carbocycles. The van der Waals surface area contributed by atoms with Crippen molar-refractivity contribution in [2.45, 2.75) is 69.1 Å². The van der Waals surface area contributed by atoms with Gasteiger partial charge in [0.15, 0.2) is 0 Å². The molecule has 0 spiro atoms. The minimum Gasteiger partial charge on any atom is -0.390 e. The molecule has 1 amide bonds. The molecule has 8 nitrogen and oxygen atoms in total. The molecular weight excluding hydrogens is 394 g/mol. The van der Waals surface area contributed by atoms with Gasteiger partial charge in [0.05, 0.1) is 18.2 Å². The van der Waals surface area contributed by atoms with Crippen molar-refractivity contribution in [1.29, 1.82) is 0 Å². The summed E-state index contributed by atoms with van der Waals surface area (Å²) in [6.45, 7) is 3.28. The zero-order valence-electron chi connectivity index (χ0n) is 18.1. The number of anilines is 2. The number of amides is 1. The predicted molar refractivity (Wildman–Crippen MR) is 116 cm³/mol. The quantitative estimate of drug-likeness (QED) is 0.660. The van der Waals surface area contributed by atoms with E-state index in [9.17, 15) is 9.90 Å². The van der Waals surface area contributed by atoms with E-state index in [1.807, 2.05) is 0 Å². The third-order valence-corrected chi connectivity index (χ3v) is 8.22. The Morgan fingerprint density at radius 2 is 1.97 bits per heavy atom. The van der Waals surface area contributed by atoms with Crippen molar-refractivity contribution in [2.75, 3.05) is 36.5 Å². The number of carbonyl (C=O) groups is 1. The summed E-state index contributed by atoms with van der Waals surface area (Å²) < 4.78 is 5.45. The molecule has 1 aromatic rings. The lowest BCUT2D eigenvalue weighted by Crippen LogP contribution is -2.61. The Labute approximate surface area is 183 Å². The third kappa shape index (κ3) is 3.67. The van der Waals surface area contributed by atoms with Crippen molar-refractivity contribution >= 4 is 17.7 Å². The van der Waals surface area contributed by atoms with Gasteiger partial charge in [-0.3, -0.25) is 4.79 Å². The van der Waals surface area contributed by atoms with Crippen molar-refractivity contribution < 1.29 is 14.6 Å². The lowest BCUT2D eigenvalue weighted by molar-refractivity contribution is -0.136. The Balaban J connectivity index is 1.23. The molecule has 3 N–H and O–H groups in total. The summed E-state index contributed by atoms with van der Waals surface area (Å²) >= 11 is 0. The number of nitrogens with zero attached hydrogens (tertiary/aromatic N) is 3. The first-order valence-corrected chi connectivity index (χ1v) is 12.1. The first kappa shape index (κ1) is 19.7. The van der Waals surface area contributed by atoms with Gasteiger partial charge in [-0.2, -0.15) is 4.98 Å². The summed E-state index contributed by atoms with van der Waals surface area (Å²) in [5.41, 5.74) is 0.0846. The summed E-state index contributed by atoms with van der Waals surface area (Å²) in [5, 5.41) is 17.6. The fourth-order valence-corrected chi connectivity index (χ4v) is 7.05. The maximum absolute atomic E-state index is 13.4. The van der Waals surface area contributed by atoms with Crippen LogP contribution in [0.5, 0.6) is 0 Å². The molecular formula is C23H33N5O3. The maximum Gasteiger partial charge on any atom is 0.256 e. The summed E-state index contributed by atoms with van der Waals surface area (Å²) in [5.74, 6) is 2.66. The number of hydrogen-bond acceptors (Lipinski definition) is 7. The highest BCUT2D eigenvalue weighted by Crippen LogP contribution is 2.55. The van der Waals surface area contributed by atoms with E-state index in [0.29, 0.717) is 35.9 Å². The Bertz CT molecular complexity index is 836. The van der Waals surface area contributed by atoms with Gasteiger partial charge in [-0.25, -0.2) is 4.98 Å². The van der Waals surface area contributed by atoms with Crippen LogP contribution in [0.4, 0.5) is 11.8 Å². The number of aliphatic hydroxyl groups is 1. The molecule has 6 fully saturated rings. The Hall–Kier alpha value is -1.93. The minimum absolute atomic E-state index is 0.0675. The summed E-state index contributed by atoms with van der Waals surface area (Å²) in [7, 11) is 0. The molecule has 4 bridgehead atoms. The second kappa shape index (κ2) is 7.59. The number of carbonyl (C=O) groups excluding carboxylic acids is 1. The fourth-order valence-electron chi connectivity index (χ4n) is 7.05. The van der Waals surface area contributed by atoms with Crippen LogP contribution in [0.25, 0.3) is 0 Å². The van der Waals surface area contributed by atoms with Crippen molar-refractivity contribution in [2.24, 2.45) is 17.8 Å². The first-order valence-electron chi connectivity index (χ1n) is 12.1. The Morgan fingerprint density at radius 1 is 1.19 bits per heavy atom. The number of hydrogen-bond donors (Lipinski definition) is 3. The van der Waals surface area contributed by atoms with E-state index >= 15 is 0 Å². The van der Waals surface area contributed by atoms with Crippen molar-refractivity contribution in [1.82, 2.24) is 15.3 Å². The van der Waals surface area contributed by atoms with Gasteiger partial charge >= 0.3 is 0 Å². The van der Waals surface area contributed by atoms with Gasteiger partial charge in [0.2, 0.25) is 5.95 Å². The van der Waals surface area contributed by atoms with E-state index in [2.05, 4.69) is 20.5 Å². The summed E-state index contributed by atoms with van der Waals surface area (Å²) in [4.78, 5) is 24.9. The van der Waals surface area contributed by atoms with E-state index < -0.39 is 5.60 Å².